The summed E-state index contributed by atoms with van der Waals surface area (Å²) in [6.07, 6.45) is 0. The standard InChI is InChI=1S/C14H23N3O3/c1-14(2,9-18)17(3)8-10-5-6-12(20-4)11(7-10)13(15)16-19/h5-7,18-19H,8-9H2,1-4H3,(H2,15,16). The first kappa shape index (κ1) is 16.3. The van der Waals surface area contributed by atoms with Crippen molar-refractivity contribution in [3.63, 3.8) is 0 Å². The molecule has 0 fully saturated rings. The third kappa shape index (κ3) is 3.61. The first-order valence-electron chi connectivity index (χ1n) is 6.32. The molecule has 112 valence electrons. The molecule has 1 aromatic rings. The average Bonchev–Trinajstić information content (AvgIpc) is 2.46. The SMILES string of the molecule is COc1ccc(CN(C)C(C)(C)CO)cc1/C(N)=N/O. The van der Waals surface area contributed by atoms with Crippen LogP contribution in [0, 0.1) is 0 Å². The maximum atomic E-state index is 9.37. The van der Waals surface area contributed by atoms with E-state index in [1.165, 1.54) is 7.11 Å². The molecule has 1 aromatic carbocycles. The quantitative estimate of drug-likeness (QED) is 0.313. The van der Waals surface area contributed by atoms with Gasteiger partial charge in [0.25, 0.3) is 0 Å². The van der Waals surface area contributed by atoms with E-state index in [1.54, 1.807) is 6.07 Å². The number of oxime groups is 1. The molecule has 0 saturated heterocycles. The van der Waals surface area contributed by atoms with Gasteiger partial charge in [0, 0.05) is 12.1 Å². The zero-order valence-corrected chi connectivity index (χ0v) is 12.4. The van der Waals surface area contributed by atoms with Crippen molar-refractivity contribution in [3.05, 3.63) is 29.3 Å². The number of nitrogens with two attached hydrogens (primary N) is 1. The molecule has 1 rings (SSSR count). The number of nitrogens with zero attached hydrogens (tertiary/aromatic N) is 2. The lowest BCUT2D eigenvalue weighted by atomic mass is 10.0. The Morgan fingerprint density at radius 3 is 2.60 bits per heavy atom. The highest BCUT2D eigenvalue weighted by atomic mass is 16.5. The Hall–Kier alpha value is -1.79. The van der Waals surface area contributed by atoms with Crippen LogP contribution in [0.4, 0.5) is 0 Å². The van der Waals surface area contributed by atoms with Crippen LogP contribution in [0.15, 0.2) is 23.4 Å². The van der Waals surface area contributed by atoms with Crippen molar-refractivity contribution in [3.8, 4) is 5.75 Å². The van der Waals surface area contributed by atoms with Crippen LogP contribution >= 0.6 is 0 Å². The van der Waals surface area contributed by atoms with Crippen LogP contribution < -0.4 is 10.5 Å². The summed E-state index contributed by atoms with van der Waals surface area (Å²) in [4.78, 5) is 2.03. The molecule has 6 heteroatoms. The second-order valence-corrected chi connectivity index (χ2v) is 5.35. The Labute approximate surface area is 119 Å². The molecule has 0 aromatic heterocycles. The number of likely N-dealkylation sites (N-methyl/N-ethyl adjacent to an activating group) is 1. The summed E-state index contributed by atoms with van der Waals surface area (Å²) in [6, 6.07) is 5.51. The van der Waals surface area contributed by atoms with Gasteiger partial charge < -0.3 is 20.8 Å². The van der Waals surface area contributed by atoms with Crippen LogP contribution in [0.25, 0.3) is 0 Å². The summed E-state index contributed by atoms with van der Waals surface area (Å²) >= 11 is 0. The fraction of sp³-hybridized carbons (Fsp3) is 0.500. The summed E-state index contributed by atoms with van der Waals surface area (Å²) < 4.78 is 5.19. The number of aliphatic hydroxyl groups is 1. The highest BCUT2D eigenvalue weighted by molar-refractivity contribution is 5.99. The Bertz CT molecular complexity index is 487. The topological polar surface area (TPSA) is 91.3 Å². The molecule has 0 bridgehead atoms. The lowest BCUT2D eigenvalue weighted by Crippen LogP contribution is -2.43. The summed E-state index contributed by atoms with van der Waals surface area (Å²) in [5.41, 5.74) is 6.85. The van der Waals surface area contributed by atoms with Crippen molar-refractivity contribution in [2.45, 2.75) is 25.9 Å². The van der Waals surface area contributed by atoms with E-state index in [4.69, 9.17) is 15.7 Å². The van der Waals surface area contributed by atoms with Crippen LogP contribution in [0.3, 0.4) is 0 Å². The zero-order chi connectivity index (χ0) is 15.3. The fourth-order valence-corrected chi connectivity index (χ4v) is 1.72. The van der Waals surface area contributed by atoms with Gasteiger partial charge in [-0.15, -0.1) is 0 Å². The van der Waals surface area contributed by atoms with Gasteiger partial charge in [-0.2, -0.15) is 0 Å². The van der Waals surface area contributed by atoms with Gasteiger partial charge in [-0.3, -0.25) is 4.90 Å². The summed E-state index contributed by atoms with van der Waals surface area (Å²) in [7, 11) is 3.47. The Kier molecular flexibility index (Phi) is 5.35. The molecule has 0 saturated carbocycles. The molecular formula is C14H23N3O3. The minimum Gasteiger partial charge on any atom is -0.496 e. The number of ether oxygens (including phenoxy) is 1. The van der Waals surface area contributed by atoms with Gasteiger partial charge >= 0.3 is 0 Å². The largest absolute Gasteiger partial charge is 0.496 e. The predicted octanol–water partition coefficient (Wildman–Crippen LogP) is 0.992. The molecule has 0 aliphatic rings. The van der Waals surface area contributed by atoms with Crippen molar-refractivity contribution in [1.29, 1.82) is 0 Å². The highest BCUT2D eigenvalue weighted by Crippen LogP contribution is 2.22. The molecule has 4 N–H and O–H groups in total. The second-order valence-electron chi connectivity index (χ2n) is 5.35. The monoisotopic (exact) mass is 281 g/mol. The number of hydrogen-bond acceptors (Lipinski definition) is 5. The van der Waals surface area contributed by atoms with Gasteiger partial charge in [0.15, 0.2) is 5.84 Å². The number of aliphatic hydroxyl groups excluding tert-OH is 1. The predicted molar refractivity (Wildman–Crippen MR) is 78.1 cm³/mol. The van der Waals surface area contributed by atoms with Crippen LogP contribution in [-0.2, 0) is 6.54 Å². The van der Waals surface area contributed by atoms with E-state index >= 15 is 0 Å². The molecule has 0 unspecified atom stereocenters. The van der Waals surface area contributed by atoms with Crippen LogP contribution in [0.5, 0.6) is 5.75 Å². The lowest BCUT2D eigenvalue weighted by Gasteiger charge is -2.34. The van der Waals surface area contributed by atoms with E-state index in [0.717, 1.165) is 5.56 Å². The first-order chi connectivity index (χ1) is 9.35. The van der Waals surface area contributed by atoms with Gasteiger partial charge in [-0.05, 0) is 38.6 Å². The molecule has 0 aliphatic heterocycles. The van der Waals surface area contributed by atoms with E-state index in [-0.39, 0.29) is 18.0 Å². The van der Waals surface area contributed by atoms with Gasteiger partial charge in [-0.25, -0.2) is 0 Å². The Morgan fingerprint density at radius 1 is 1.45 bits per heavy atom. The minimum absolute atomic E-state index is 0.00720. The van der Waals surface area contributed by atoms with Crippen molar-refractivity contribution in [2.24, 2.45) is 10.9 Å². The number of amidine groups is 1. The van der Waals surface area contributed by atoms with Crippen LogP contribution in [0.2, 0.25) is 0 Å². The van der Waals surface area contributed by atoms with Crippen molar-refractivity contribution in [1.82, 2.24) is 4.90 Å². The van der Waals surface area contributed by atoms with E-state index < -0.39 is 0 Å². The van der Waals surface area contributed by atoms with E-state index in [1.807, 2.05) is 37.9 Å². The fourth-order valence-electron chi connectivity index (χ4n) is 1.72. The van der Waals surface area contributed by atoms with E-state index in [2.05, 4.69) is 5.16 Å². The normalized spacial score (nSPS) is 12.8. The van der Waals surface area contributed by atoms with Crippen molar-refractivity contribution >= 4 is 5.84 Å². The second kappa shape index (κ2) is 6.58. The molecule has 0 atom stereocenters. The highest BCUT2D eigenvalue weighted by Gasteiger charge is 2.22. The van der Waals surface area contributed by atoms with Gasteiger partial charge in [0.1, 0.15) is 5.75 Å². The molecule has 20 heavy (non-hydrogen) atoms. The molecular weight excluding hydrogens is 258 g/mol. The number of methoxy groups -OCH3 is 1. The third-order valence-corrected chi connectivity index (χ3v) is 3.49. The van der Waals surface area contributed by atoms with Gasteiger partial charge in [-0.1, -0.05) is 11.2 Å². The van der Waals surface area contributed by atoms with Gasteiger partial charge in [0.05, 0.1) is 19.3 Å². The maximum absolute atomic E-state index is 9.37. The van der Waals surface area contributed by atoms with E-state index in [9.17, 15) is 5.11 Å². The first-order valence-corrected chi connectivity index (χ1v) is 6.32. The summed E-state index contributed by atoms with van der Waals surface area (Å²) in [5.74, 6) is 0.556. The molecule has 0 amide bonds. The maximum Gasteiger partial charge on any atom is 0.173 e. The number of rotatable bonds is 6. The summed E-state index contributed by atoms with van der Waals surface area (Å²) in [5, 5.41) is 21.2. The minimum atomic E-state index is -0.323. The molecule has 0 spiro atoms. The van der Waals surface area contributed by atoms with E-state index in [0.29, 0.717) is 17.9 Å². The van der Waals surface area contributed by atoms with Crippen molar-refractivity contribution in [2.75, 3.05) is 20.8 Å². The van der Waals surface area contributed by atoms with Gasteiger partial charge in [0.2, 0.25) is 0 Å². The zero-order valence-electron chi connectivity index (χ0n) is 12.4. The Balaban J connectivity index is 3.04. The number of hydrogen-bond donors (Lipinski definition) is 3. The molecule has 0 aliphatic carbocycles. The molecule has 6 nitrogen and oxygen atoms in total. The number of benzene rings is 1. The molecule has 0 radical (unpaired) electrons. The third-order valence-electron chi connectivity index (χ3n) is 3.49. The van der Waals surface area contributed by atoms with Crippen molar-refractivity contribution < 1.29 is 15.1 Å². The van der Waals surface area contributed by atoms with Crippen LogP contribution in [-0.4, -0.2) is 47.4 Å². The lowest BCUT2D eigenvalue weighted by molar-refractivity contribution is 0.0734. The summed E-state index contributed by atoms with van der Waals surface area (Å²) in [6.45, 7) is 4.61. The average molecular weight is 281 g/mol. The molecule has 0 heterocycles. The smallest absolute Gasteiger partial charge is 0.173 e. The Morgan fingerprint density at radius 2 is 2.10 bits per heavy atom. The van der Waals surface area contributed by atoms with Crippen LogP contribution in [0.1, 0.15) is 25.0 Å².